The first-order valence-corrected chi connectivity index (χ1v) is 16.5. The normalized spacial score (nSPS) is 31.5. The summed E-state index contributed by atoms with van der Waals surface area (Å²) in [5, 5.41) is 14.6. The molecule has 4 saturated carbocycles. The van der Waals surface area contributed by atoms with E-state index in [0.717, 1.165) is 37.1 Å². The van der Waals surface area contributed by atoms with E-state index in [0.29, 0.717) is 11.8 Å². The molecule has 4 fully saturated rings. The topological polar surface area (TPSA) is 145 Å². The number of fused-ring (bicyclic) bond motifs is 2. The number of sulfonamides is 2. The number of aliphatic hydroxyl groups is 1. The van der Waals surface area contributed by atoms with Crippen molar-refractivity contribution in [1.82, 2.24) is 4.90 Å². The molecule has 13 heteroatoms. The third-order valence-electron chi connectivity index (χ3n) is 9.03. The van der Waals surface area contributed by atoms with Crippen molar-refractivity contribution in [3.8, 4) is 0 Å². The lowest BCUT2D eigenvalue weighted by atomic mass is 9.59. The molecule has 3 N–H and O–H groups in total. The number of carbonyl (C=O) groups is 1. The molecule has 0 spiro atoms. The Morgan fingerprint density at radius 3 is 2.52 bits per heavy atom. The molecule has 4 aliphatic carbocycles. The van der Waals surface area contributed by atoms with Crippen molar-refractivity contribution in [3.05, 3.63) is 65.2 Å². The van der Waals surface area contributed by atoms with Crippen LogP contribution < -0.4 is 10.0 Å². The van der Waals surface area contributed by atoms with E-state index in [1.165, 1.54) is 24.3 Å². The first kappa shape index (κ1) is 25.5. The SMILES string of the molecule is CS(=O)(=O)Nc1ccc2c(c1)S(=O)(=O)N=C(C1=C(O)[C@@H]3C4CCC(C5CC54)[C@@H]3N(Cc3ccc(F)cc3)C1=O)N2. The van der Waals surface area contributed by atoms with E-state index in [1.807, 2.05) is 0 Å². The van der Waals surface area contributed by atoms with Gasteiger partial charge >= 0.3 is 0 Å². The second-order valence-electron chi connectivity index (χ2n) is 11.4. The molecule has 2 aliphatic heterocycles. The lowest BCUT2D eigenvalue weighted by Crippen LogP contribution is -2.60. The van der Waals surface area contributed by atoms with Gasteiger partial charge in [0.1, 0.15) is 22.0 Å². The third-order valence-corrected chi connectivity index (χ3v) is 11.0. The Morgan fingerprint density at radius 1 is 1.10 bits per heavy atom. The molecular formula is C27H27FN4O6S2. The molecule has 2 bridgehead atoms. The Kier molecular flexibility index (Phi) is 5.44. The second kappa shape index (κ2) is 8.53. The van der Waals surface area contributed by atoms with E-state index in [1.54, 1.807) is 17.0 Å². The lowest BCUT2D eigenvalue weighted by Gasteiger charge is -2.54. The van der Waals surface area contributed by atoms with Gasteiger partial charge in [0.25, 0.3) is 15.9 Å². The average molecular weight is 587 g/mol. The number of anilines is 2. The van der Waals surface area contributed by atoms with E-state index in [4.69, 9.17) is 0 Å². The van der Waals surface area contributed by atoms with Crippen LogP contribution in [0, 0.1) is 35.4 Å². The average Bonchev–Trinajstić information content (AvgIpc) is 3.70. The van der Waals surface area contributed by atoms with Gasteiger partial charge in [-0.1, -0.05) is 12.1 Å². The highest BCUT2D eigenvalue weighted by Crippen LogP contribution is 2.67. The minimum absolute atomic E-state index is 0.0478. The van der Waals surface area contributed by atoms with Crippen LogP contribution in [-0.2, 0) is 31.4 Å². The molecule has 6 atom stereocenters. The number of halogens is 1. The molecule has 2 aromatic rings. The van der Waals surface area contributed by atoms with E-state index >= 15 is 0 Å². The van der Waals surface area contributed by atoms with Crippen LogP contribution in [0.2, 0.25) is 0 Å². The van der Waals surface area contributed by atoms with Gasteiger partial charge in [-0.25, -0.2) is 12.8 Å². The van der Waals surface area contributed by atoms with Crippen LogP contribution in [0.4, 0.5) is 15.8 Å². The summed E-state index contributed by atoms with van der Waals surface area (Å²) in [6.45, 7) is 0.189. The van der Waals surface area contributed by atoms with Gasteiger partial charge in [0, 0.05) is 24.2 Å². The van der Waals surface area contributed by atoms with Gasteiger partial charge < -0.3 is 15.3 Å². The number of hydrogen-bond donors (Lipinski definition) is 3. The standard InChI is InChI=1S/C27H27FN4O6S2/c1-39(35,36)30-15-6-9-20-21(10-15)40(37,38)31-26(29-20)23-25(33)22-16-7-8-17(19-11-18(16)19)24(22)32(27(23)34)12-13-2-4-14(28)5-3-13/h2-6,9-10,16-19,22,24,30,33H,7-8,11-12H2,1H3,(H,29,31)/t16?,17?,18?,19?,22-,24+/m1/s1. The molecule has 2 aromatic carbocycles. The number of amides is 1. The Morgan fingerprint density at radius 2 is 1.80 bits per heavy atom. The van der Waals surface area contributed by atoms with Crippen molar-refractivity contribution in [2.45, 2.75) is 36.7 Å². The zero-order valence-corrected chi connectivity index (χ0v) is 23.0. The van der Waals surface area contributed by atoms with Crippen LogP contribution in [-0.4, -0.2) is 50.9 Å². The molecule has 210 valence electrons. The molecule has 8 rings (SSSR count). The summed E-state index contributed by atoms with van der Waals surface area (Å²) in [5.74, 6) is -0.252. The summed E-state index contributed by atoms with van der Waals surface area (Å²) in [7, 11) is -8.00. The molecule has 0 aromatic heterocycles. The number of carbonyl (C=O) groups excluding carboxylic acids is 1. The molecule has 0 saturated heterocycles. The summed E-state index contributed by atoms with van der Waals surface area (Å²) >= 11 is 0. The molecule has 10 nitrogen and oxygen atoms in total. The fourth-order valence-corrected chi connectivity index (χ4v) is 9.20. The zero-order chi connectivity index (χ0) is 28.1. The third kappa shape index (κ3) is 4.00. The van der Waals surface area contributed by atoms with Gasteiger partial charge in [0.2, 0.25) is 10.0 Å². The Balaban J connectivity index is 1.31. The molecule has 1 amide bonds. The van der Waals surface area contributed by atoms with Gasteiger partial charge in [-0.05, 0) is 78.8 Å². The minimum atomic E-state index is -4.36. The van der Waals surface area contributed by atoms with Gasteiger partial charge in [-0.2, -0.15) is 8.42 Å². The highest BCUT2D eigenvalue weighted by Gasteiger charge is 2.65. The van der Waals surface area contributed by atoms with Crippen LogP contribution in [0.3, 0.4) is 0 Å². The lowest BCUT2D eigenvalue weighted by molar-refractivity contribution is -0.140. The smallest absolute Gasteiger partial charge is 0.286 e. The number of rotatable bonds is 5. The number of hydrogen-bond acceptors (Lipinski definition) is 7. The number of aliphatic hydroxyl groups excluding tert-OH is 1. The van der Waals surface area contributed by atoms with E-state index in [-0.39, 0.29) is 69.6 Å². The van der Waals surface area contributed by atoms with Crippen molar-refractivity contribution >= 4 is 43.2 Å². The van der Waals surface area contributed by atoms with Crippen LogP contribution in [0.5, 0.6) is 0 Å². The van der Waals surface area contributed by atoms with Crippen molar-refractivity contribution in [2.24, 2.45) is 34.0 Å². The Hall–Kier alpha value is -3.45. The molecule has 40 heavy (non-hydrogen) atoms. The van der Waals surface area contributed by atoms with E-state index < -0.39 is 26.0 Å². The van der Waals surface area contributed by atoms with Crippen molar-refractivity contribution < 1.29 is 31.1 Å². The van der Waals surface area contributed by atoms with Gasteiger partial charge in [-0.15, -0.1) is 4.40 Å². The van der Waals surface area contributed by atoms with Crippen molar-refractivity contribution in [3.63, 3.8) is 0 Å². The van der Waals surface area contributed by atoms with Gasteiger partial charge in [0.15, 0.2) is 5.84 Å². The van der Waals surface area contributed by atoms with Gasteiger partial charge in [-0.3, -0.25) is 9.52 Å². The molecule has 2 heterocycles. The maximum atomic E-state index is 14.1. The monoisotopic (exact) mass is 586 g/mol. The summed E-state index contributed by atoms with van der Waals surface area (Å²) < 4.78 is 69.5. The predicted octanol–water partition coefficient (Wildman–Crippen LogP) is 3.23. The Bertz CT molecular complexity index is 1740. The second-order valence-corrected chi connectivity index (χ2v) is 14.8. The molecular weight excluding hydrogens is 559 g/mol. The Labute approximate surface area is 231 Å². The summed E-state index contributed by atoms with van der Waals surface area (Å²) in [6, 6.07) is 9.61. The largest absolute Gasteiger partial charge is 0.511 e. The predicted molar refractivity (Wildman–Crippen MR) is 145 cm³/mol. The van der Waals surface area contributed by atoms with Crippen LogP contribution in [0.15, 0.2) is 63.1 Å². The summed E-state index contributed by atoms with van der Waals surface area (Å²) in [6.07, 6.45) is 3.91. The number of nitrogens with zero attached hydrogens (tertiary/aromatic N) is 2. The number of nitrogens with one attached hydrogen (secondary N) is 2. The zero-order valence-electron chi connectivity index (χ0n) is 21.4. The van der Waals surface area contributed by atoms with Crippen LogP contribution in [0.25, 0.3) is 0 Å². The van der Waals surface area contributed by atoms with E-state index in [2.05, 4.69) is 14.4 Å². The fraction of sp³-hybridized carbons (Fsp3) is 0.407. The highest BCUT2D eigenvalue weighted by molar-refractivity contribution is 7.92. The minimum Gasteiger partial charge on any atom is -0.511 e. The van der Waals surface area contributed by atoms with Gasteiger partial charge in [0.05, 0.1) is 11.9 Å². The molecule has 4 unspecified atom stereocenters. The maximum absolute atomic E-state index is 14.1. The highest BCUT2D eigenvalue weighted by atomic mass is 32.2. The molecule has 0 radical (unpaired) electrons. The van der Waals surface area contributed by atoms with Crippen molar-refractivity contribution in [2.75, 3.05) is 16.3 Å². The number of benzene rings is 2. The quantitative estimate of drug-likeness (QED) is 0.488. The van der Waals surface area contributed by atoms with E-state index in [9.17, 15) is 31.1 Å². The summed E-state index contributed by atoms with van der Waals surface area (Å²) in [4.78, 5) is 15.6. The number of amidine groups is 1. The van der Waals surface area contributed by atoms with Crippen LogP contribution >= 0.6 is 0 Å². The molecule has 6 aliphatic rings. The summed E-state index contributed by atoms with van der Waals surface area (Å²) in [5.41, 5.74) is 0.703. The van der Waals surface area contributed by atoms with Crippen LogP contribution in [0.1, 0.15) is 24.8 Å². The first-order chi connectivity index (χ1) is 18.9. The van der Waals surface area contributed by atoms with Crippen molar-refractivity contribution in [1.29, 1.82) is 0 Å². The fourth-order valence-electron chi connectivity index (χ4n) is 7.50. The maximum Gasteiger partial charge on any atom is 0.286 e. The first-order valence-electron chi connectivity index (χ1n) is 13.1.